The molecule has 0 unspecified atom stereocenters. The lowest BCUT2D eigenvalue weighted by molar-refractivity contribution is 0.295. The van der Waals surface area contributed by atoms with Gasteiger partial charge in [-0.15, -0.1) is 6.42 Å². The maximum Gasteiger partial charge on any atom is 0.162 e. The van der Waals surface area contributed by atoms with Crippen molar-refractivity contribution in [3.63, 3.8) is 0 Å². The second-order valence-electron chi connectivity index (χ2n) is 5.44. The molecular formula is C20H19N3O2. The van der Waals surface area contributed by atoms with Crippen LogP contribution in [0.25, 0.3) is 10.9 Å². The van der Waals surface area contributed by atoms with Crippen molar-refractivity contribution >= 4 is 22.4 Å². The van der Waals surface area contributed by atoms with Gasteiger partial charge in [-0.3, -0.25) is 0 Å². The van der Waals surface area contributed by atoms with E-state index in [0.29, 0.717) is 23.9 Å². The van der Waals surface area contributed by atoms with Crippen molar-refractivity contribution in [1.29, 1.82) is 0 Å². The van der Waals surface area contributed by atoms with Crippen LogP contribution < -0.4 is 14.8 Å². The Bertz CT molecular complexity index is 932. The van der Waals surface area contributed by atoms with Crippen molar-refractivity contribution < 1.29 is 9.47 Å². The van der Waals surface area contributed by atoms with Crippen molar-refractivity contribution in [2.75, 3.05) is 19.0 Å². The molecule has 0 saturated heterocycles. The second-order valence-corrected chi connectivity index (χ2v) is 5.44. The molecule has 126 valence electrons. The highest BCUT2D eigenvalue weighted by atomic mass is 16.5. The van der Waals surface area contributed by atoms with Gasteiger partial charge in [-0.1, -0.05) is 18.9 Å². The normalized spacial score (nSPS) is 10.3. The average molecular weight is 333 g/mol. The summed E-state index contributed by atoms with van der Waals surface area (Å²) in [4.78, 5) is 8.69. The summed E-state index contributed by atoms with van der Waals surface area (Å²) in [5.41, 5.74) is 2.44. The van der Waals surface area contributed by atoms with E-state index in [4.69, 9.17) is 15.9 Å². The van der Waals surface area contributed by atoms with Gasteiger partial charge in [0.25, 0.3) is 0 Å². The van der Waals surface area contributed by atoms with E-state index in [-0.39, 0.29) is 0 Å². The molecule has 3 rings (SSSR count). The fourth-order valence-corrected chi connectivity index (χ4v) is 2.47. The molecule has 2 aromatic carbocycles. The first-order chi connectivity index (χ1) is 12.2. The summed E-state index contributed by atoms with van der Waals surface area (Å²) in [5, 5.41) is 4.15. The number of anilines is 2. The molecule has 0 amide bonds. The summed E-state index contributed by atoms with van der Waals surface area (Å²) in [5.74, 6) is 4.64. The molecule has 0 bridgehead atoms. The fourth-order valence-electron chi connectivity index (χ4n) is 2.47. The molecule has 3 aromatic rings. The zero-order valence-corrected chi connectivity index (χ0v) is 14.2. The first-order valence-electron chi connectivity index (χ1n) is 8.04. The lowest BCUT2D eigenvalue weighted by atomic mass is 10.2. The lowest BCUT2D eigenvalue weighted by Crippen LogP contribution is -2.00. The maximum absolute atomic E-state index is 5.79. The average Bonchev–Trinajstić information content (AvgIpc) is 2.66. The smallest absolute Gasteiger partial charge is 0.162 e. The number of aromatic nitrogens is 2. The Morgan fingerprint density at radius 2 is 2.04 bits per heavy atom. The quantitative estimate of drug-likeness (QED) is 0.687. The van der Waals surface area contributed by atoms with Crippen LogP contribution in [0.2, 0.25) is 0 Å². The van der Waals surface area contributed by atoms with Crippen molar-refractivity contribution in [3.8, 4) is 23.8 Å². The monoisotopic (exact) mass is 333 g/mol. The Balaban J connectivity index is 2.04. The van der Waals surface area contributed by atoms with E-state index in [1.54, 1.807) is 7.11 Å². The van der Waals surface area contributed by atoms with Gasteiger partial charge < -0.3 is 14.8 Å². The Hall–Kier alpha value is -3.26. The van der Waals surface area contributed by atoms with E-state index < -0.39 is 0 Å². The zero-order valence-electron chi connectivity index (χ0n) is 14.2. The van der Waals surface area contributed by atoms with Gasteiger partial charge in [-0.05, 0) is 30.7 Å². The van der Waals surface area contributed by atoms with E-state index in [0.717, 1.165) is 28.6 Å². The Morgan fingerprint density at radius 3 is 2.80 bits per heavy atom. The maximum atomic E-state index is 5.79. The molecule has 5 nitrogen and oxygen atoms in total. The first-order valence-corrected chi connectivity index (χ1v) is 8.04. The van der Waals surface area contributed by atoms with Gasteiger partial charge in [-0.2, -0.15) is 0 Å². The van der Waals surface area contributed by atoms with Gasteiger partial charge in [0.15, 0.2) is 11.5 Å². The molecule has 5 heteroatoms. The number of hydrogen-bond donors (Lipinski definition) is 1. The number of rotatable bonds is 6. The summed E-state index contributed by atoms with van der Waals surface area (Å²) in [6.07, 6.45) is 7.90. The van der Waals surface area contributed by atoms with Gasteiger partial charge in [0, 0.05) is 22.7 Å². The third-order valence-corrected chi connectivity index (χ3v) is 3.67. The van der Waals surface area contributed by atoms with Gasteiger partial charge >= 0.3 is 0 Å². The highest BCUT2D eigenvalue weighted by Crippen LogP contribution is 2.34. The molecule has 0 fully saturated rings. The topological polar surface area (TPSA) is 56.3 Å². The number of terminal acetylenes is 1. The molecular weight excluding hydrogens is 314 g/mol. The third kappa shape index (κ3) is 3.64. The highest BCUT2D eigenvalue weighted by molar-refractivity contribution is 5.93. The first kappa shape index (κ1) is 16.6. The standard InChI is InChI=1S/C20H19N3O2/c1-4-9-25-19-11-16-17(12-18(19)24-3)21-13-22-20(16)23-15-8-6-7-14(5-2)10-15/h2,6-8,10-13H,4,9H2,1,3H3,(H,21,22,23). The van der Waals surface area contributed by atoms with Gasteiger partial charge in [-0.25, -0.2) is 9.97 Å². The predicted molar refractivity (Wildman–Crippen MR) is 99.5 cm³/mol. The molecule has 0 atom stereocenters. The van der Waals surface area contributed by atoms with Crippen molar-refractivity contribution in [3.05, 3.63) is 48.3 Å². The second kappa shape index (κ2) is 7.54. The van der Waals surface area contributed by atoms with E-state index in [9.17, 15) is 0 Å². The van der Waals surface area contributed by atoms with Crippen LogP contribution in [-0.4, -0.2) is 23.7 Å². The molecule has 25 heavy (non-hydrogen) atoms. The van der Waals surface area contributed by atoms with E-state index >= 15 is 0 Å². The molecule has 0 radical (unpaired) electrons. The number of hydrogen-bond acceptors (Lipinski definition) is 5. The van der Waals surface area contributed by atoms with Crippen LogP contribution >= 0.6 is 0 Å². The molecule has 0 aliphatic carbocycles. The number of nitrogens with zero attached hydrogens (tertiary/aromatic N) is 2. The number of ether oxygens (including phenoxy) is 2. The molecule has 0 spiro atoms. The number of nitrogens with one attached hydrogen (secondary N) is 1. The molecule has 0 saturated carbocycles. The largest absolute Gasteiger partial charge is 0.493 e. The van der Waals surface area contributed by atoms with Crippen molar-refractivity contribution in [1.82, 2.24) is 9.97 Å². The minimum absolute atomic E-state index is 0.614. The van der Waals surface area contributed by atoms with E-state index in [1.165, 1.54) is 6.33 Å². The zero-order chi connectivity index (χ0) is 17.6. The number of fused-ring (bicyclic) bond motifs is 1. The van der Waals surface area contributed by atoms with Crippen molar-refractivity contribution in [2.24, 2.45) is 0 Å². The van der Waals surface area contributed by atoms with Crippen LogP contribution in [0.15, 0.2) is 42.7 Å². The minimum Gasteiger partial charge on any atom is -0.493 e. The summed E-state index contributed by atoms with van der Waals surface area (Å²) in [6, 6.07) is 11.4. The van der Waals surface area contributed by atoms with Gasteiger partial charge in [0.1, 0.15) is 12.1 Å². The van der Waals surface area contributed by atoms with E-state index in [2.05, 4.69) is 28.1 Å². The molecule has 1 N–H and O–H groups in total. The summed E-state index contributed by atoms with van der Waals surface area (Å²) in [6.45, 7) is 2.67. The molecule has 1 heterocycles. The Labute approximate surface area is 147 Å². The van der Waals surface area contributed by atoms with Crippen LogP contribution in [0.5, 0.6) is 11.5 Å². The SMILES string of the molecule is C#Cc1cccc(Nc2ncnc3cc(OC)c(OCCC)cc23)c1. The predicted octanol–water partition coefficient (Wildman–Crippen LogP) is 4.15. The fraction of sp³-hybridized carbons (Fsp3) is 0.200. The Kier molecular flexibility index (Phi) is 5.00. The summed E-state index contributed by atoms with van der Waals surface area (Å²) in [7, 11) is 1.62. The molecule has 0 aliphatic rings. The van der Waals surface area contributed by atoms with E-state index in [1.807, 2.05) is 36.4 Å². The van der Waals surface area contributed by atoms with Gasteiger partial charge in [0.05, 0.1) is 19.2 Å². The van der Waals surface area contributed by atoms with Gasteiger partial charge in [0.2, 0.25) is 0 Å². The number of methoxy groups -OCH3 is 1. The lowest BCUT2D eigenvalue weighted by Gasteiger charge is -2.13. The summed E-state index contributed by atoms with van der Waals surface area (Å²) >= 11 is 0. The van der Waals surface area contributed by atoms with Crippen LogP contribution in [0.3, 0.4) is 0 Å². The van der Waals surface area contributed by atoms with Crippen LogP contribution in [0.4, 0.5) is 11.5 Å². The highest BCUT2D eigenvalue weighted by Gasteiger charge is 2.12. The number of benzene rings is 2. The third-order valence-electron chi connectivity index (χ3n) is 3.67. The van der Waals surface area contributed by atoms with Crippen LogP contribution in [0, 0.1) is 12.3 Å². The summed E-state index contributed by atoms with van der Waals surface area (Å²) < 4.78 is 11.2. The minimum atomic E-state index is 0.614. The Morgan fingerprint density at radius 1 is 1.16 bits per heavy atom. The molecule has 0 aliphatic heterocycles. The molecule has 1 aromatic heterocycles. The van der Waals surface area contributed by atoms with Crippen molar-refractivity contribution in [2.45, 2.75) is 13.3 Å². The van der Waals surface area contributed by atoms with Crippen LogP contribution in [-0.2, 0) is 0 Å². The van der Waals surface area contributed by atoms with Crippen LogP contribution in [0.1, 0.15) is 18.9 Å².